The van der Waals surface area contributed by atoms with E-state index in [0.717, 1.165) is 44.9 Å². The van der Waals surface area contributed by atoms with Gasteiger partial charge in [-0.25, -0.2) is 0 Å². The van der Waals surface area contributed by atoms with Crippen molar-refractivity contribution in [3.8, 4) is 0 Å². The summed E-state index contributed by atoms with van der Waals surface area (Å²) in [5.41, 5.74) is 0.663. The lowest BCUT2D eigenvalue weighted by atomic mass is 9.79. The van der Waals surface area contributed by atoms with Gasteiger partial charge in [0.1, 0.15) is 5.78 Å². The van der Waals surface area contributed by atoms with E-state index in [1.165, 1.54) is 0 Å². The van der Waals surface area contributed by atoms with Crippen LogP contribution in [0.5, 0.6) is 0 Å². The molecule has 6 unspecified atom stereocenters. The number of carbonyl (C=O) groups excluding carboxylic acids is 1. The molecule has 1 aliphatic rings. The predicted molar refractivity (Wildman–Crippen MR) is 127 cm³/mol. The maximum Gasteiger partial charge on any atom is 0.135 e. The van der Waals surface area contributed by atoms with Gasteiger partial charge in [-0.3, -0.25) is 4.79 Å². The van der Waals surface area contributed by atoms with Gasteiger partial charge in [-0.05, 0) is 69.6 Å². The van der Waals surface area contributed by atoms with Crippen LogP contribution in [0, 0.1) is 23.2 Å². The molecular formula is C26H45NO4. The first-order chi connectivity index (χ1) is 14.7. The maximum absolute atomic E-state index is 12.0. The van der Waals surface area contributed by atoms with Crippen LogP contribution in [-0.2, 0) is 9.53 Å². The van der Waals surface area contributed by atoms with Gasteiger partial charge in [0.05, 0.1) is 18.3 Å². The van der Waals surface area contributed by atoms with Crippen LogP contribution in [0.3, 0.4) is 0 Å². The Morgan fingerprint density at radius 1 is 1.19 bits per heavy atom. The first-order valence-electron chi connectivity index (χ1n) is 12.0. The van der Waals surface area contributed by atoms with Gasteiger partial charge in [0.15, 0.2) is 0 Å². The lowest BCUT2D eigenvalue weighted by Crippen LogP contribution is -2.35. The fraction of sp³-hybridized carbons (Fsp3) is 0.769. The fourth-order valence-electron chi connectivity index (χ4n) is 4.46. The van der Waals surface area contributed by atoms with Gasteiger partial charge >= 0.3 is 0 Å². The van der Waals surface area contributed by atoms with E-state index in [9.17, 15) is 15.0 Å². The number of ketones is 1. The summed E-state index contributed by atoms with van der Waals surface area (Å²) in [4.78, 5) is 12.0. The normalized spacial score (nSPS) is 25.0. The third-order valence-electron chi connectivity index (χ3n) is 6.40. The Balaban J connectivity index is 2.21. The molecule has 0 spiro atoms. The van der Waals surface area contributed by atoms with Gasteiger partial charge in [-0.1, -0.05) is 38.2 Å². The van der Waals surface area contributed by atoms with Crippen molar-refractivity contribution < 1.29 is 19.7 Å². The molecule has 1 rings (SSSR count). The average molecular weight is 436 g/mol. The van der Waals surface area contributed by atoms with Crippen molar-refractivity contribution in [2.45, 2.75) is 103 Å². The fourth-order valence-corrected chi connectivity index (χ4v) is 4.46. The molecular weight excluding hydrogens is 390 g/mol. The second-order valence-electron chi connectivity index (χ2n) is 9.49. The average Bonchev–Trinajstić information content (AvgIpc) is 2.72. The van der Waals surface area contributed by atoms with Crippen LogP contribution >= 0.6 is 0 Å². The number of aliphatic hydroxyl groups is 2. The van der Waals surface area contributed by atoms with E-state index < -0.39 is 6.10 Å². The van der Waals surface area contributed by atoms with Crippen molar-refractivity contribution in [2.75, 3.05) is 7.11 Å². The van der Waals surface area contributed by atoms with E-state index in [-0.39, 0.29) is 24.4 Å². The SMILES string of the molecule is CC=CC(C)CCC(=O)CC(O)C=CCC(=N)CCC(C)CC1CCC(O)C(OC)C1. The third-order valence-corrected chi connectivity index (χ3v) is 6.40. The first-order valence-corrected chi connectivity index (χ1v) is 12.0. The standard InChI is InChI=1S/C26H45NO4/c1-5-7-19(2)11-14-24(29)18-23(28)9-6-8-22(27)13-10-20(3)16-21-12-15-25(30)26(17-21)31-4/h5-7,9,19-21,23,25-28,30H,8,10-18H2,1-4H3. The summed E-state index contributed by atoms with van der Waals surface area (Å²) in [5, 5.41) is 28.1. The molecule has 6 atom stereocenters. The lowest BCUT2D eigenvalue weighted by molar-refractivity contribution is -0.120. The molecule has 0 aromatic rings. The summed E-state index contributed by atoms with van der Waals surface area (Å²) in [7, 11) is 1.67. The minimum atomic E-state index is -0.758. The van der Waals surface area contributed by atoms with E-state index in [0.29, 0.717) is 36.3 Å². The number of allylic oxidation sites excluding steroid dienone is 3. The van der Waals surface area contributed by atoms with Gasteiger partial charge in [0.2, 0.25) is 0 Å². The van der Waals surface area contributed by atoms with Crippen LogP contribution in [0.1, 0.15) is 85.0 Å². The van der Waals surface area contributed by atoms with Crippen LogP contribution in [0.2, 0.25) is 0 Å². The number of ether oxygens (including phenoxy) is 1. The molecule has 0 bridgehead atoms. The molecule has 1 saturated carbocycles. The monoisotopic (exact) mass is 435 g/mol. The third kappa shape index (κ3) is 12.4. The van der Waals surface area contributed by atoms with Crippen LogP contribution in [-0.4, -0.2) is 47.1 Å². The molecule has 5 heteroatoms. The summed E-state index contributed by atoms with van der Waals surface area (Å²) in [6, 6.07) is 0. The van der Waals surface area contributed by atoms with E-state index in [4.69, 9.17) is 10.1 Å². The summed E-state index contributed by atoms with van der Waals surface area (Å²) >= 11 is 0. The van der Waals surface area contributed by atoms with Crippen molar-refractivity contribution in [2.24, 2.45) is 17.8 Å². The van der Waals surface area contributed by atoms with Gasteiger partial charge in [0, 0.05) is 32.1 Å². The first kappa shape index (κ1) is 27.7. The topological polar surface area (TPSA) is 90.6 Å². The molecule has 0 saturated heterocycles. The van der Waals surface area contributed by atoms with E-state index in [1.807, 2.05) is 19.1 Å². The second kappa shape index (κ2) is 15.5. The number of rotatable bonds is 15. The number of Topliss-reactive ketones (excluding diaryl/α,β-unsaturated/α-hetero) is 1. The van der Waals surface area contributed by atoms with Gasteiger partial charge in [-0.15, -0.1) is 0 Å². The Labute approximate surface area is 189 Å². The molecule has 5 nitrogen and oxygen atoms in total. The van der Waals surface area contributed by atoms with Crippen molar-refractivity contribution in [1.82, 2.24) is 0 Å². The molecule has 31 heavy (non-hydrogen) atoms. The number of hydrogen-bond donors (Lipinski definition) is 3. The largest absolute Gasteiger partial charge is 0.390 e. The quantitative estimate of drug-likeness (QED) is 0.242. The highest BCUT2D eigenvalue weighted by atomic mass is 16.5. The molecule has 0 aliphatic heterocycles. The number of methoxy groups -OCH3 is 1. The van der Waals surface area contributed by atoms with Crippen LogP contribution in [0.25, 0.3) is 0 Å². The number of aliphatic hydroxyl groups excluding tert-OH is 2. The zero-order valence-corrected chi connectivity index (χ0v) is 20.1. The van der Waals surface area contributed by atoms with Crippen LogP contribution < -0.4 is 0 Å². The smallest absolute Gasteiger partial charge is 0.135 e. The summed E-state index contributed by atoms with van der Waals surface area (Å²) in [6.45, 7) is 6.30. The molecule has 178 valence electrons. The van der Waals surface area contributed by atoms with Crippen molar-refractivity contribution in [3.63, 3.8) is 0 Å². The Kier molecular flexibility index (Phi) is 13.9. The molecule has 0 radical (unpaired) electrons. The Bertz CT molecular complexity index is 586. The molecule has 0 aromatic carbocycles. The zero-order chi connectivity index (χ0) is 23.2. The number of carbonyl (C=O) groups is 1. The Hall–Kier alpha value is -1.30. The maximum atomic E-state index is 12.0. The molecule has 0 heterocycles. The van der Waals surface area contributed by atoms with Crippen LogP contribution in [0.4, 0.5) is 0 Å². The van der Waals surface area contributed by atoms with E-state index >= 15 is 0 Å². The summed E-state index contributed by atoms with van der Waals surface area (Å²) < 4.78 is 5.40. The van der Waals surface area contributed by atoms with Gasteiger partial charge < -0.3 is 20.4 Å². The predicted octanol–water partition coefficient (Wildman–Crippen LogP) is 5.25. The van der Waals surface area contributed by atoms with E-state index in [1.54, 1.807) is 13.2 Å². The molecule has 0 amide bonds. The van der Waals surface area contributed by atoms with Crippen molar-refractivity contribution in [1.29, 1.82) is 5.41 Å². The Morgan fingerprint density at radius 2 is 1.94 bits per heavy atom. The minimum absolute atomic E-state index is 0.0377. The second-order valence-corrected chi connectivity index (χ2v) is 9.49. The highest BCUT2D eigenvalue weighted by molar-refractivity contribution is 5.82. The molecule has 0 aromatic heterocycles. The van der Waals surface area contributed by atoms with Gasteiger partial charge in [0.25, 0.3) is 0 Å². The minimum Gasteiger partial charge on any atom is -0.390 e. The molecule has 3 N–H and O–H groups in total. The molecule has 1 aliphatic carbocycles. The Morgan fingerprint density at radius 3 is 2.61 bits per heavy atom. The van der Waals surface area contributed by atoms with Crippen LogP contribution in [0.15, 0.2) is 24.3 Å². The highest BCUT2D eigenvalue weighted by Crippen LogP contribution is 2.32. The van der Waals surface area contributed by atoms with Gasteiger partial charge in [-0.2, -0.15) is 0 Å². The van der Waals surface area contributed by atoms with Crippen molar-refractivity contribution in [3.05, 3.63) is 24.3 Å². The van der Waals surface area contributed by atoms with E-state index in [2.05, 4.69) is 19.9 Å². The highest BCUT2D eigenvalue weighted by Gasteiger charge is 2.29. The number of nitrogens with one attached hydrogen (secondary N) is 1. The summed E-state index contributed by atoms with van der Waals surface area (Å²) in [5.74, 6) is 1.60. The zero-order valence-electron chi connectivity index (χ0n) is 20.1. The number of hydrogen-bond acceptors (Lipinski definition) is 5. The van der Waals surface area contributed by atoms with Crippen molar-refractivity contribution >= 4 is 11.5 Å². The molecule has 1 fully saturated rings. The summed E-state index contributed by atoms with van der Waals surface area (Å²) in [6.07, 6.45) is 14.1. The lowest BCUT2D eigenvalue weighted by Gasteiger charge is -2.33.